The molecule has 2 amide bonds. The van der Waals surface area contributed by atoms with Crippen molar-refractivity contribution in [2.75, 3.05) is 20.3 Å². The fraction of sp³-hybridized carbons (Fsp3) is 0.423. The number of carbonyl (C=O) groups is 3. The maximum atomic E-state index is 13.3. The number of benzene rings is 2. The number of carbonyl (C=O) groups excluding carboxylic acids is 2. The molecule has 0 saturated carbocycles. The molecule has 0 fully saturated rings. The van der Waals surface area contributed by atoms with Crippen molar-refractivity contribution < 1.29 is 29.0 Å². The SMILES string of the molecule is CCN(C(=O)C(NC(=O)OCC1c2ccccc2-c2ccccc21)C(C)OC)C(C)(C)C(=O)O. The molecule has 3 rings (SSSR count). The zero-order valence-electron chi connectivity index (χ0n) is 20.2. The second-order valence-electron chi connectivity index (χ2n) is 8.84. The van der Waals surface area contributed by atoms with E-state index in [0.29, 0.717) is 0 Å². The highest BCUT2D eigenvalue weighted by atomic mass is 16.5. The van der Waals surface area contributed by atoms with Crippen LogP contribution in [0.15, 0.2) is 48.5 Å². The zero-order valence-corrected chi connectivity index (χ0v) is 20.2. The van der Waals surface area contributed by atoms with Crippen LogP contribution < -0.4 is 5.32 Å². The number of carboxylic acids is 1. The number of likely N-dealkylation sites (N-methyl/N-ethyl adjacent to an activating group) is 1. The normalized spacial score (nSPS) is 14.5. The number of hydrogen-bond acceptors (Lipinski definition) is 5. The van der Waals surface area contributed by atoms with Gasteiger partial charge in [0, 0.05) is 19.6 Å². The summed E-state index contributed by atoms with van der Waals surface area (Å²) in [6.07, 6.45) is -1.47. The molecular weight excluding hydrogens is 436 g/mol. The topological polar surface area (TPSA) is 105 Å². The summed E-state index contributed by atoms with van der Waals surface area (Å²) in [5, 5.41) is 12.2. The molecule has 0 heterocycles. The summed E-state index contributed by atoms with van der Waals surface area (Å²) in [4.78, 5) is 39.0. The van der Waals surface area contributed by atoms with Gasteiger partial charge in [-0.25, -0.2) is 9.59 Å². The van der Waals surface area contributed by atoms with Crippen LogP contribution >= 0.6 is 0 Å². The van der Waals surface area contributed by atoms with Crippen LogP contribution in [-0.2, 0) is 19.1 Å². The first-order valence-corrected chi connectivity index (χ1v) is 11.3. The van der Waals surface area contributed by atoms with E-state index >= 15 is 0 Å². The van der Waals surface area contributed by atoms with E-state index in [-0.39, 0.29) is 19.1 Å². The quantitative estimate of drug-likeness (QED) is 0.582. The van der Waals surface area contributed by atoms with Crippen molar-refractivity contribution in [2.24, 2.45) is 0 Å². The molecule has 2 aromatic carbocycles. The minimum atomic E-state index is -1.46. The molecule has 2 atom stereocenters. The van der Waals surface area contributed by atoms with E-state index < -0.39 is 35.7 Å². The lowest BCUT2D eigenvalue weighted by Gasteiger charge is -2.37. The number of methoxy groups -OCH3 is 1. The number of aliphatic carboxylic acids is 1. The van der Waals surface area contributed by atoms with Crippen LogP contribution in [0, 0.1) is 0 Å². The van der Waals surface area contributed by atoms with Crippen LogP contribution in [0.5, 0.6) is 0 Å². The van der Waals surface area contributed by atoms with E-state index in [1.54, 1.807) is 13.8 Å². The lowest BCUT2D eigenvalue weighted by atomic mass is 9.98. The maximum absolute atomic E-state index is 13.3. The Hall–Kier alpha value is -3.39. The van der Waals surface area contributed by atoms with Gasteiger partial charge in [0.2, 0.25) is 5.91 Å². The second kappa shape index (κ2) is 10.3. The Labute approximate surface area is 199 Å². The third-order valence-corrected chi connectivity index (χ3v) is 6.50. The van der Waals surface area contributed by atoms with E-state index in [0.717, 1.165) is 22.3 Å². The summed E-state index contributed by atoms with van der Waals surface area (Å²) in [6.45, 7) is 6.45. The monoisotopic (exact) mass is 468 g/mol. The molecule has 2 unspecified atom stereocenters. The van der Waals surface area contributed by atoms with Gasteiger partial charge in [0.25, 0.3) is 0 Å². The highest BCUT2D eigenvalue weighted by Gasteiger charge is 2.42. The van der Waals surface area contributed by atoms with Gasteiger partial charge in [-0.1, -0.05) is 48.5 Å². The Balaban J connectivity index is 1.75. The second-order valence-corrected chi connectivity index (χ2v) is 8.84. The Morgan fingerprint density at radius 1 is 1.06 bits per heavy atom. The van der Waals surface area contributed by atoms with Crippen molar-refractivity contribution in [2.45, 2.75) is 51.3 Å². The molecule has 1 aliphatic carbocycles. The molecule has 1 aliphatic rings. The summed E-state index contributed by atoms with van der Waals surface area (Å²) in [5.74, 6) is -1.82. The number of fused-ring (bicyclic) bond motifs is 3. The molecule has 0 aromatic heterocycles. The Kier molecular flexibility index (Phi) is 7.61. The Morgan fingerprint density at radius 3 is 2.06 bits per heavy atom. The van der Waals surface area contributed by atoms with Crippen molar-refractivity contribution in [3.63, 3.8) is 0 Å². The number of nitrogens with one attached hydrogen (secondary N) is 1. The summed E-state index contributed by atoms with van der Waals surface area (Å²) >= 11 is 0. The Morgan fingerprint density at radius 2 is 1.59 bits per heavy atom. The predicted molar refractivity (Wildman–Crippen MR) is 128 cm³/mol. The van der Waals surface area contributed by atoms with Crippen LogP contribution in [-0.4, -0.2) is 65.9 Å². The molecule has 0 bridgehead atoms. The van der Waals surface area contributed by atoms with E-state index in [1.807, 2.05) is 48.5 Å². The Bertz CT molecular complexity index is 1020. The minimum Gasteiger partial charge on any atom is -0.480 e. The molecular formula is C26H32N2O6. The lowest BCUT2D eigenvalue weighted by Crippen LogP contribution is -2.61. The van der Waals surface area contributed by atoms with Crippen molar-refractivity contribution in [1.29, 1.82) is 0 Å². The molecule has 34 heavy (non-hydrogen) atoms. The third kappa shape index (κ3) is 4.77. The van der Waals surface area contributed by atoms with Gasteiger partial charge in [0.1, 0.15) is 18.2 Å². The summed E-state index contributed by atoms with van der Waals surface area (Å²) in [7, 11) is 1.42. The molecule has 8 nitrogen and oxygen atoms in total. The zero-order chi connectivity index (χ0) is 25.0. The van der Waals surface area contributed by atoms with Gasteiger partial charge in [-0.15, -0.1) is 0 Å². The molecule has 0 spiro atoms. The van der Waals surface area contributed by atoms with Gasteiger partial charge in [-0.2, -0.15) is 0 Å². The van der Waals surface area contributed by atoms with E-state index in [1.165, 1.54) is 25.9 Å². The van der Waals surface area contributed by atoms with Gasteiger partial charge in [0.05, 0.1) is 6.10 Å². The number of rotatable bonds is 9. The van der Waals surface area contributed by atoms with Crippen molar-refractivity contribution in [3.8, 4) is 11.1 Å². The predicted octanol–water partition coefficient (Wildman–Crippen LogP) is 3.64. The summed E-state index contributed by atoms with van der Waals surface area (Å²) < 4.78 is 10.9. The first-order valence-electron chi connectivity index (χ1n) is 11.3. The fourth-order valence-electron chi connectivity index (χ4n) is 4.39. The van der Waals surface area contributed by atoms with Gasteiger partial charge in [-0.05, 0) is 49.9 Å². The molecule has 2 N–H and O–H groups in total. The van der Waals surface area contributed by atoms with Crippen LogP contribution in [0.3, 0.4) is 0 Å². The molecule has 8 heteroatoms. The average molecular weight is 469 g/mol. The van der Waals surface area contributed by atoms with E-state index in [9.17, 15) is 19.5 Å². The first-order chi connectivity index (χ1) is 16.1. The molecule has 182 valence electrons. The van der Waals surface area contributed by atoms with Crippen molar-refractivity contribution in [3.05, 3.63) is 59.7 Å². The van der Waals surface area contributed by atoms with Crippen LogP contribution in [0.25, 0.3) is 11.1 Å². The first kappa shape index (κ1) is 25.2. The lowest BCUT2D eigenvalue weighted by molar-refractivity contribution is -0.158. The third-order valence-electron chi connectivity index (χ3n) is 6.50. The smallest absolute Gasteiger partial charge is 0.407 e. The molecule has 0 aliphatic heterocycles. The van der Waals surface area contributed by atoms with Gasteiger partial charge in [-0.3, -0.25) is 4.79 Å². The number of carboxylic acid groups (broad SMARTS) is 1. The minimum absolute atomic E-state index is 0.0975. The molecule has 2 aromatic rings. The summed E-state index contributed by atoms with van der Waals surface area (Å²) in [5.41, 5.74) is 2.93. The highest BCUT2D eigenvalue weighted by Crippen LogP contribution is 2.44. The van der Waals surface area contributed by atoms with E-state index in [2.05, 4.69) is 5.32 Å². The molecule has 0 radical (unpaired) electrons. The largest absolute Gasteiger partial charge is 0.480 e. The van der Waals surface area contributed by atoms with Crippen molar-refractivity contribution >= 4 is 18.0 Å². The van der Waals surface area contributed by atoms with Gasteiger partial charge in [0.15, 0.2) is 0 Å². The van der Waals surface area contributed by atoms with Crippen LogP contribution in [0.2, 0.25) is 0 Å². The summed E-state index contributed by atoms with van der Waals surface area (Å²) in [6, 6.07) is 14.9. The van der Waals surface area contributed by atoms with Gasteiger partial charge < -0.3 is 24.8 Å². The van der Waals surface area contributed by atoms with Crippen LogP contribution in [0.4, 0.5) is 4.79 Å². The number of alkyl carbamates (subject to hydrolysis) is 1. The number of ether oxygens (including phenoxy) is 2. The fourth-order valence-corrected chi connectivity index (χ4v) is 4.39. The van der Waals surface area contributed by atoms with Gasteiger partial charge >= 0.3 is 12.1 Å². The van der Waals surface area contributed by atoms with E-state index in [4.69, 9.17) is 9.47 Å². The number of amides is 2. The highest BCUT2D eigenvalue weighted by molar-refractivity contribution is 5.91. The maximum Gasteiger partial charge on any atom is 0.407 e. The average Bonchev–Trinajstić information content (AvgIpc) is 3.14. The standard InChI is InChI=1S/C26H32N2O6/c1-6-28(26(3,4)24(30)31)23(29)22(16(2)33-5)27-25(32)34-15-21-19-13-9-7-11-17(19)18-12-8-10-14-20(18)21/h7-14,16,21-22H,6,15H2,1-5H3,(H,27,32)(H,30,31). The van der Waals surface area contributed by atoms with Crippen molar-refractivity contribution in [1.82, 2.24) is 10.2 Å². The number of nitrogens with zero attached hydrogens (tertiary/aromatic N) is 1. The van der Waals surface area contributed by atoms with Crippen LogP contribution in [0.1, 0.15) is 44.7 Å². The molecule has 0 saturated heterocycles. The number of hydrogen-bond donors (Lipinski definition) is 2.